The van der Waals surface area contributed by atoms with Gasteiger partial charge >= 0.3 is 0 Å². The number of rotatable bonds is 2. The summed E-state index contributed by atoms with van der Waals surface area (Å²) in [6.45, 7) is 3.41. The lowest BCUT2D eigenvalue weighted by Gasteiger charge is -2.44. The molecule has 4 heterocycles. The Hall–Kier alpha value is -1.81. The average Bonchev–Trinajstić information content (AvgIpc) is 2.92. The van der Waals surface area contributed by atoms with E-state index < -0.39 is 0 Å². The van der Waals surface area contributed by atoms with Gasteiger partial charge in [-0.3, -0.25) is 4.79 Å². The van der Waals surface area contributed by atoms with E-state index in [-0.39, 0.29) is 5.91 Å². The summed E-state index contributed by atoms with van der Waals surface area (Å²) >= 11 is 0. The number of hydrogen-bond donors (Lipinski definition) is 2. The van der Waals surface area contributed by atoms with Gasteiger partial charge in [0.25, 0.3) is 5.91 Å². The first-order chi connectivity index (χ1) is 9.79. The summed E-state index contributed by atoms with van der Waals surface area (Å²) in [5.74, 6) is 0.688. The summed E-state index contributed by atoms with van der Waals surface area (Å²) < 4.78 is 0. The predicted molar refractivity (Wildman–Crippen MR) is 78.7 cm³/mol. The van der Waals surface area contributed by atoms with Gasteiger partial charge in [-0.1, -0.05) is 18.2 Å². The molecule has 0 aliphatic carbocycles. The molecule has 1 unspecified atom stereocenters. The highest BCUT2D eigenvalue weighted by Crippen LogP contribution is 2.27. The molecule has 1 aromatic heterocycles. The van der Waals surface area contributed by atoms with Crippen molar-refractivity contribution in [3.63, 3.8) is 0 Å². The second-order valence-electron chi connectivity index (χ2n) is 5.99. The van der Waals surface area contributed by atoms with Crippen molar-refractivity contribution in [3.05, 3.63) is 36.0 Å². The molecular weight excluding hydrogens is 250 g/mol. The molecule has 1 amide bonds. The molecule has 1 atom stereocenters. The summed E-state index contributed by atoms with van der Waals surface area (Å²) in [7, 11) is 0. The minimum Gasteiger partial charge on any atom is -0.351 e. The van der Waals surface area contributed by atoms with Gasteiger partial charge in [0.15, 0.2) is 0 Å². The number of benzene rings is 1. The summed E-state index contributed by atoms with van der Waals surface area (Å²) in [6.07, 6.45) is 2.44. The SMILES string of the molecule is O=C(NC1CN2CCC1CC2)c1cc2ccccc2[nH]1. The van der Waals surface area contributed by atoms with Crippen LogP contribution in [0.2, 0.25) is 0 Å². The van der Waals surface area contributed by atoms with Crippen LogP contribution >= 0.6 is 0 Å². The van der Waals surface area contributed by atoms with Crippen molar-refractivity contribution in [2.24, 2.45) is 5.92 Å². The Labute approximate surface area is 118 Å². The third kappa shape index (κ3) is 2.00. The van der Waals surface area contributed by atoms with Crippen LogP contribution in [0, 0.1) is 5.92 Å². The summed E-state index contributed by atoms with van der Waals surface area (Å²) in [5, 5.41) is 4.31. The zero-order chi connectivity index (χ0) is 13.5. The molecule has 20 heavy (non-hydrogen) atoms. The molecule has 0 saturated carbocycles. The number of aromatic nitrogens is 1. The number of nitrogens with zero attached hydrogens (tertiary/aromatic N) is 1. The van der Waals surface area contributed by atoms with Crippen LogP contribution in [0.1, 0.15) is 23.3 Å². The van der Waals surface area contributed by atoms with E-state index in [1.54, 1.807) is 0 Å². The van der Waals surface area contributed by atoms with Gasteiger partial charge in [0.2, 0.25) is 0 Å². The highest BCUT2D eigenvalue weighted by molar-refractivity contribution is 5.98. The Morgan fingerprint density at radius 1 is 1.25 bits per heavy atom. The summed E-state index contributed by atoms with van der Waals surface area (Å²) in [6, 6.07) is 10.2. The number of amides is 1. The number of aromatic amines is 1. The van der Waals surface area contributed by atoms with Crippen molar-refractivity contribution in [2.75, 3.05) is 19.6 Å². The normalized spacial score (nSPS) is 28.7. The Morgan fingerprint density at radius 2 is 2.05 bits per heavy atom. The first kappa shape index (κ1) is 12.0. The van der Waals surface area contributed by atoms with Crippen molar-refractivity contribution < 1.29 is 4.79 Å². The molecule has 104 valence electrons. The van der Waals surface area contributed by atoms with Crippen LogP contribution < -0.4 is 5.32 Å². The van der Waals surface area contributed by atoms with Crippen LogP contribution in [0.25, 0.3) is 10.9 Å². The van der Waals surface area contributed by atoms with Gasteiger partial charge in [-0.15, -0.1) is 0 Å². The quantitative estimate of drug-likeness (QED) is 0.876. The van der Waals surface area contributed by atoms with Gasteiger partial charge < -0.3 is 15.2 Å². The van der Waals surface area contributed by atoms with Crippen molar-refractivity contribution in [1.29, 1.82) is 0 Å². The van der Waals surface area contributed by atoms with E-state index in [1.165, 1.54) is 25.9 Å². The zero-order valence-corrected chi connectivity index (χ0v) is 11.4. The molecule has 5 rings (SSSR count). The predicted octanol–water partition coefficient (Wildman–Crippen LogP) is 1.99. The molecule has 3 fully saturated rings. The van der Waals surface area contributed by atoms with E-state index in [0.29, 0.717) is 17.7 Å². The Balaban J connectivity index is 1.52. The van der Waals surface area contributed by atoms with Crippen molar-refractivity contribution >= 4 is 16.8 Å². The molecule has 4 nitrogen and oxygen atoms in total. The minimum absolute atomic E-state index is 0.0277. The topological polar surface area (TPSA) is 48.1 Å². The summed E-state index contributed by atoms with van der Waals surface area (Å²) in [5.41, 5.74) is 1.69. The Kier molecular flexibility index (Phi) is 2.77. The monoisotopic (exact) mass is 269 g/mol. The number of piperidine rings is 3. The fraction of sp³-hybridized carbons (Fsp3) is 0.438. The number of para-hydroxylation sites is 1. The average molecular weight is 269 g/mol. The van der Waals surface area contributed by atoms with Gasteiger partial charge in [-0.2, -0.15) is 0 Å². The third-order valence-electron chi connectivity index (χ3n) is 4.75. The van der Waals surface area contributed by atoms with E-state index in [0.717, 1.165) is 17.4 Å². The molecule has 2 aromatic rings. The fourth-order valence-corrected chi connectivity index (χ4v) is 3.57. The van der Waals surface area contributed by atoms with Crippen molar-refractivity contribution in [1.82, 2.24) is 15.2 Å². The molecule has 0 radical (unpaired) electrons. The molecule has 2 bridgehead atoms. The maximum Gasteiger partial charge on any atom is 0.268 e. The lowest BCUT2D eigenvalue weighted by molar-refractivity contribution is 0.0618. The lowest BCUT2D eigenvalue weighted by atomic mass is 9.84. The van der Waals surface area contributed by atoms with Crippen molar-refractivity contribution in [3.8, 4) is 0 Å². The fourth-order valence-electron chi connectivity index (χ4n) is 3.57. The lowest BCUT2D eigenvalue weighted by Crippen LogP contribution is -2.57. The standard InChI is InChI=1S/C16H19N3O/c20-16(14-9-12-3-1-2-4-13(12)17-14)18-15-10-19-7-5-11(15)6-8-19/h1-4,9,11,15,17H,5-8,10H2,(H,18,20). The molecule has 4 heteroatoms. The number of nitrogens with one attached hydrogen (secondary N) is 2. The van der Waals surface area contributed by atoms with Crippen LogP contribution in [-0.4, -0.2) is 41.5 Å². The molecule has 3 aliphatic heterocycles. The Bertz CT molecular complexity index is 607. The van der Waals surface area contributed by atoms with E-state index in [9.17, 15) is 4.79 Å². The molecule has 3 aliphatic rings. The third-order valence-corrected chi connectivity index (χ3v) is 4.75. The number of hydrogen-bond acceptors (Lipinski definition) is 2. The zero-order valence-electron chi connectivity index (χ0n) is 11.4. The van der Waals surface area contributed by atoms with E-state index in [2.05, 4.69) is 15.2 Å². The van der Waals surface area contributed by atoms with Crippen molar-refractivity contribution in [2.45, 2.75) is 18.9 Å². The molecule has 1 aromatic carbocycles. The Morgan fingerprint density at radius 3 is 2.75 bits per heavy atom. The maximum absolute atomic E-state index is 12.4. The number of fused-ring (bicyclic) bond motifs is 4. The van der Waals surface area contributed by atoms with Gasteiger partial charge in [0, 0.05) is 23.5 Å². The van der Waals surface area contributed by atoms with Gasteiger partial charge in [-0.05, 0) is 44.0 Å². The first-order valence-electron chi connectivity index (χ1n) is 7.40. The molecule has 3 saturated heterocycles. The van der Waals surface area contributed by atoms with Crippen LogP contribution in [0.3, 0.4) is 0 Å². The minimum atomic E-state index is 0.0277. The highest BCUT2D eigenvalue weighted by Gasteiger charge is 2.35. The van der Waals surface area contributed by atoms with Crippen LogP contribution in [-0.2, 0) is 0 Å². The number of carbonyl (C=O) groups is 1. The van der Waals surface area contributed by atoms with Crippen LogP contribution in [0.5, 0.6) is 0 Å². The van der Waals surface area contributed by atoms with E-state index >= 15 is 0 Å². The van der Waals surface area contributed by atoms with E-state index in [1.807, 2.05) is 30.3 Å². The first-order valence-corrected chi connectivity index (χ1v) is 7.40. The highest BCUT2D eigenvalue weighted by atomic mass is 16.2. The van der Waals surface area contributed by atoms with Gasteiger partial charge in [-0.25, -0.2) is 0 Å². The number of carbonyl (C=O) groups excluding carboxylic acids is 1. The second-order valence-corrected chi connectivity index (χ2v) is 5.99. The van der Waals surface area contributed by atoms with Gasteiger partial charge in [0.05, 0.1) is 0 Å². The summed E-state index contributed by atoms with van der Waals surface area (Å²) in [4.78, 5) is 18.1. The second kappa shape index (κ2) is 4.63. The maximum atomic E-state index is 12.4. The molecular formula is C16H19N3O. The molecule has 0 spiro atoms. The van der Waals surface area contributed by atoms with Crippen LogP contribution in [0.4, 0.5) is 0 Å². The van der Waals surface area contributed by atoms with E-state index in [4.69, 9.17) is 0 Å². The smallest absolute Gasteiger partial charge is 0.268 e. The number of H-pyrrole nitrogens is 1. The van der Waals surface area contributed by atoms with Gasteiger partial charge in [0.1, 0.15) is 5.69 Å². The molecule has 2 N–H and O–H groups in total. The largest absolute Gasteiger partial charge is 0.351 e. The van der Waals surface area contributed by atoms with Crippen LogP contribution in [0.15, 0.2) is 30.3 Å².